The summed E-state index contributed by atoms with van der Waals surface area (Å²) in [5.41, 5.74) is 1.11. The van der Waals surface area contributed by atoms with E-state index in [1.54, 1.807) is 36.2 Å². The zero-order valence-electron chi connectivity index (χ0n) is 11.8. The number of para-hydroxylation sites is 1. The van der Waals surface area contributed by atoms with Crippen molar-refractivity contribution < 1.29 is 9.53 Å². The number of rotatable bonds is 5. The lowest BCUT2D eigenvalue weighted by Gasteiger charge is -2.17. The molecular weight excluding hydrogens is 264 g/mol. The van der Waals surface area contributed by atoms with Gasteiger partial charge in [0.1, 0.15) is 12.4 Å². The molecule has 0 aliphatic heterocycles. The number of carbonyl (C=O) groups excluding carboxylic acids is 1. The summed E-state index contributed by atoms with van der Waals surface area (Å²) in [5.74, 6) is 0.702. The van der Waals surface area contributed by atoms with Gasteiger partial charge in [-0.2, -0.15) is 5.26 Å². The second-order valence-electron chi connectivity index (χ2n) is 4.58. The molecule has 1 amide bonds. The molecule has 0 spiro atoms. The van der Waals surface area contributed by atoms with Gasteiger partial charge < -0.3 is 9.64 Å². The van der Waals surface area contributed by atoms with Crippen molar-refractivity contribution in [3.8, 4) is 11.8 Å². The molecule has 2 rings (SSSR count). The van der Waals surface area contributed by atoms with Crippen LogP contribution in [0.1, 0.15) is 15.9 Å². The Bertz CT molecular complexity index is 630. The van der Waals surface area contributed by atoms with Gasteiger partial charge >= 0.3 is 0 Å². The minimum atomic E-state index is -0.0869. The molecule has 0 N–H and O–H groups in total. The fraction of sp³-hybridized carbons (Fsp3) is 0.176. The number of benzene rings is 2. The van der Waals surface area contributed by atoms with Gasteiger partial charge in [-0.1, -0.05) is 18.2 Å². The summed E-state index contributed by atoms with van der Waals surface area (Å²) in [7, 11) is 1.73. The fourth-order valence-corrected chi connectivity index (χ4v) is 1.83. The maximum absolute atomic E-state index is 12.2. The van der Waals surface area contributed by atoms with Crippen LogP contribution in [0.2, 0.25) is 0 Å². The van der Waals surface area contributed by atoms with E-state index in [0.29, 0.717) is 24.3 Å². The second kappa shape index (κ2) is 7.11. The number of carbonyl (C=O) groups is 1. The normalized spacial score (nSPS) is 9.71. The summed E-state index contributed by atoms with van der Waals surface area (Å²) in [6.45, 7) is 0.927. The van der Waals surface area contributed by atoms with Crippen molar-refractivity contribution in [1.82, 2.24) is 4.90 Å². The number of hydrogen-bond acceptors (Lipinski definition) is 3. The van der Waals surface area contributed by atoms with Crippen molar-refractivity contribution in [2.45, 2.75) is 0 Å². The summed E-state index contributed by atoms with van der Waals surface area (Å²) in [4.78, 5) is 13.8. The van der Waals surface area contributed by atoms with Crippen LogP contribution in [0.25, 0.3) is 0 Å². The first-order valence-electron chi connectivity index (χ1n) is 6.64. The Morgan fingerprint density at radius 2 is 1.81 bits per heavy atom. The maximum atomic E-state index is 12.2. The molecule has 0 unspecified atom stereocenters. The quantitative estimate of drug-likeness (QED) is 0.846. The van der Waals surface area contributed by atoms with Crippen molar-refractivity contribution in [3.63, 3.8) is 0 Å². The third-order valence-electron chi connectivity index (χ3n) is 3.05. The van der Waals surface area contributed by atoms with Crippen LogP contribution >= 0.6 is 0 Å². The molecule has 2 aromatic carbocycles. The predicted octanol–water partition coefficient (Wildman–Crippen LogP) is 2.71. The zero-order valence-corrected chi connectivity index (χ0v) is 11.8. The molecule has 0 bridgehead atoms. The highest BCUT2D eigenvalue weighted by molar-refractivity contribution is 5.94. The third-order valence-corrected chi connectivity index (χ3v) is 3.05. The van der Waals surface area contributed by atoms with Crippen molar-refractivity contribution in [1.29, 1.82) is 5.26 Å². The van der Waals surface area contributed by atoms with Crippen LogP contribution in [0.5, 0.6) is 5.75 Å². The lowest BCUT2D eigenvalue weighted by Crippen LogP contribution is -2.30. The van der Waals surface area contributed by atoms with Gasteiger partial charge in [-0.25, -0.2) is 0 Å². The molecule has 0 atom stereocenters. The van der Waals surface area contributed by atoms with E-state index in [9.17, 15) is 4.79 Å². The van der Waals surface area contributed by atoms with Crippen LogP contribution in [0.15, 0.2) is 54.6 Å². The first-order valence-corrected chi connectivity index (χ1v) is 6.64. The molecule has 21 heavy (non-hydrogen) atoms. The van der Waals surface area contributed by atoms with Crippen LogP contribution in [0.3, 0.4) is 0 Å². The number of ether oxygens (including phenoxy) is 1. The molecule has 4 nitrogen and oxygen atoms in total. The van der Waals surface area contributed by atoms with Gasteiger partial charge in [0.2, 0.25) is 0 Å². The lowest BCUT2D eigenvalue weighted by atomic mass is 10.1. The van der Waals surface area contributed by atoms with Gasteiger partial charge in [-0.3, -0.25) is 4.79 Å². The van der Waals surface area contributed by atoms with Gasteiger partial charge in [0.05, 0.1) is 18.2 Å². The molecule has 0 aromatic heterocycles. The van der Waals surface area contributed by atoms with E-state index in [1.165, 1.54) is 0 Å². The van der Waals surface area contributed by atoms with Gasteiger partial charge in [-0.05, 0) is 36.4 Å². The van der Waals surface area contributed by atoms with E-state index in [4.69, 9.17) is 10.00 Å². The van der Waals surface area contributed by atoms with Crippen molar-refractivity contribution >= 4 is 5.91 Å². The highest BCUT2D eigenvalue weighted by Gasteiger charge is 2.11. The van der Waals surface area contributed by atoms with E-state index in [1.807, 2.05) is 36.4 Å². The molecule has 0 saturated heterocycles. The summed E-state index contributed by atoms with van der Waals surface area (Å²) in [5, 5.41) is 8.74. The van der Waals surface area contributed by atoms with E-state index in [-0.39, 0.29) is 5.91 Å². The number of nitrogens with zero attached hydrogens (tertiary/aromatic N) is 2. The Balaban J connectivity index is 1.86. The summed E-state index contributed by atoms with van der Waals surface area (Å²) < 4.78 is 5.56. The van der Waals surface area contributed by atoms with Crippen molar-refractivity contribution in [2.75, 3.05) is 20.2 Å². The first-order chi connectivity index (χ1) is 10.2. The van der Waals surface area contributed by atoms with Crippen LogP contribution in [-0.4, -0.2) is 31.0 Å². The van der Waals surface area contributed by atoms with E-state index in [0.717, 1.165) is 5.75 Å². The van der Waals surface area contributed by atoms with Gasteiger partial charge in [0.25, 0.3) is 5.91 Å². The highest BCUT2D eigenvalue weighted by atomic mass is 16.5. The maximum Gasteiger partial charge on any atom is 0.253 e. The number of likely N-dealkylation sites (N-methyl/N-ethyl adjacent to an activating group) is 1. The second-order valence-corrected chi connectivity index (χ2v) is 4.58. The molecule has 2 aromatic rings. The molecule has 0 radical (unpaired) electrons. The highest BCUT2D eigenvalue weighted by Crippen LogP contribution is 2.09. The summed E-state index contributed by atoms with van der Waals surface area (Å²) >= 11 is 0. The summed E-state index contributed by atoms with van der Waals surface area (Å²) in [6, 6.07) is 18.1. The van der Waals surface area contributed by atoms with Gasteiger partial charge in [0, 0.05) is 12.6 Å². The molecule has 0 fully saturated rings. The van der Waals surface area contributed by atoms with E-state index < -0.39 is 0 Å². The topological polar surface area (TPSA) is 53.3 Å². The van der Waals surface area contributed by atoms with E-state index in [2.05, 4.69) is 0 Å². The minimum Gasteiger partial charge on any atom is -0.492 e. The molecule has 0 saturated carbocycles. The van der Waals surface area contributed by atoms with Crippen molar-refractivity contribution in [2.24, 2.45) is 0 Å². The van der Waals surface area contributed by atoms with Crippen LogP contribution < -0.4 is 4.74 Å². The number of amides is 1. The molecular formula is C17H16N2O2. The minimum absolute atomic E-state index is 0.0869. The lowest BCUT2D eigenvalue weighted by molar-refractivity contribution is 0.0774. The smallest absolute Gasteiger partial charge is 0.253 e. The Labute approximate surface area is 124 Å². The first kappa shape index (κ1) is 14.6. The Kier molecular flexibility index (Phi) is 4.94. The number of nitriles is 1. The Morgan fingerprint density at radius 1 is 1.14 bits per heavy atom. The third kappa shape index (κ3) is 4.08. The zero-order chi connectivity index (χ0) is 15.1. The Hall–Kier alpha value is -2.80. The van der Waals surface area contributed by atoms with Crippen LogP contribution in [0.4, 0.5) is 0 Å². The standard InChI is InChI=1S/C17H16N2O2/c1-19(11-12-21-16-5-3-2-4-6-16)17(20)15-9-7-14(13-18)8-10-15/h2-10H,11-12H2,1H3. The summed E-state index contributed by atoms with van der Waals surface area (Å²) in [6.07, 6.45) is 0. The molecule has 0 aliphatic carbocycles. The SMILES string of the molecule is CN(CCOc1ccccc1)C(=O)c1ccc(C#N)cc1. The molecule has 4 heteroatoms. The van der Waals surface area contributed by atoms with Crippen LogP contribution in [0, 0.1) is 11.3 Å². The average molecular weight is 280 g/mol. The number of hydrogen-bond donors (Lipinski definition) is 0. The fourth-order valence-electron chi connectivity index (χ4n) is 1.83. The van der Waals surface area contributed by atoms with Gasteiger partial charge in [-0.15, -0.1) is 0 Å². The van der Waals surface area contributed by atoms with Crippen molar-refractivity contribution in [3.05, 3.63) is 65.7 Å². The van der Waals surface area contributed by atoms with Crippen LogP contribution in [-0.2, 0) is 0 Å². The monoisotopic (exact) mass is 280 g/mol. The van der Waals surface area contributed by atoms with Gasteiger partial charge in [0.15, 0.2) is 0 Å². The van der Waals surface area contributed by atoms with E-state index >= 15 is 0 Å². The predicted molar refractivity (Wildman–Crippen MR) is 80.1 cm³/mol. The average Bonchev–Trinajstić information content (AvgIpc) is 2.55. The largest absolute Gasteiger partial charge is 0.492 e. The Morgan fingerprint density at radius 3 is 2.43 bits per heavy atom. The molecule has 0 aliphatic rings. The molecule has 106 valence electrons. The molecule has 0 heterocycles.